The van der Waals surface area contributed by atoms with Crippen molar-refractivity contribution in [3.8, 4) is 11.8 Å². The molecule has 8 rings (SSSR count). The number of unbranched alkanes of at least 4 members (excludes halogenated alkanes) is 5. The van der Waals surface area contributed by atoms with Crippen molar-refractivity contribution in [1.29, 1.82) is 0 Å². The van der Waals surface area contributed by atoms with Crippen LogP contribution >= 0.6 is 0 Å². The Labute approximate surface area is 309 Å². The van der Waals surface area contributed by atoms with Gasteiger partial charge in [0.1, 0.15) is 11.2 Å². The maximum absolute atomic E-state index is 14.5. The number of sulfonamides is 1. The smallest absolute Gasteiger partial charge is 0.243 e. The van der Waals surface area contributed by atoms with Gasteiger partial charge in [0, 0.05) is 36.2 Å². The van der Waals surface area contributed by atoms with Gasteiger partial charge in [-0.3, -0.25) is 0 Å². The Kier molecular flexibility index (Phi) is 9.20. The van der Waals surface area contributed by atoms with Gasteiger partial charge in [0.05, 0.1) is 4.90 Å². The number of fused-ring (bicyclic) bond motifs is 10. The van der Waals surface area contributed by atoms with Crippen molar-refractivity contribution in [3.05, 3.63) is 170 Å². The van der Waals surface area contributed by atoms with Gasteiger partial charge in [0.15, 0.2) is 0 Å². The van der Waals surface area contributed by atoms with E-state index in [1.807, 2.05) is 19.1 Å². The van der Waals surface area contributed by atoms with Gasteiger partial charge < -0.3 is 4.74 Å². The first kappa shape index (κ1) is 34.6. The Morgan fingerprint density at radius 3 is 1.85 bits per heavy atom. The molecule has 52 heavy (non-hydrogen) atoms. The van der Waals surface area contributed by atoms with E-state index in [0.29, 0.717) is 4.90 Å². The van der Waals surface area contributed by atoms with Crippen LogP contribution in [0.15, 0.2) is 114 Å². The fourth-order valence-corrected chi connectivity index (χ4v) is 10.3. The first-order valence-corrected chi connectivity index (χ1v) is 20.5. The standard InChI is InChI=1S/C47H47NO3S/c1-4-6-8-9-17-24-38-39(25-12-7-5-2)44-45(41-33-48(32-40(38)41)52(49,50)37-30-28-34(3)29-31-37)47(36-22-15-11-16-23-36)43-27-19-18-26-42(43)46(44,51-47)35-20-13-10-14-21-35/h10-11,13-16,18-23,26-31H,4-9,12,25,32-33H2,1-3H3. The molecule has 2 unspecified atom stereocenters. The highest BCUT2D eigenvalue weighted by Gasteiger charge is 2.66. The van der Waals surface area contributed by atoms with E-state index in [1.165, 1.54) is 11.1 Å². The highest BCUT2D eigenvalue weighted by molar-refractivity contribution is 7.89. The predicted octanol–water partition coefficient (Wildman–Crippen LogP) is 10.3. The quantitative estimate of drug-likeness (QED) is 0.102. The second-order valence-corrected chi connectivity index (χ2v) is 16.5. The summed E-state index contributed by atoms with van der Waals surface area (Å²) in [5, 5.41) is 0. The molecule has 0 aromatic heterocycles. The number of hydrogen-bond acceptors (Lipinski definition) is 3. The monoisotopic (exact) mass is 705 g/mol. The zero-order valence-electron chi connectivity index (χ0n) is 30.5. The third kappa shape index (κ3) is 5.30. The first-order valence-electron chi connectivity index (χ1n) is 19.1. The van der Waals surface area contributed by atoms with Gasteiger partial charge in [-0.25, -0.2) is 8.42 Å². The molecule has 0 spiro atoms. The lowest BCUT2D eigenvalue weighted by Gasteiger charge is -2.34. The van der Waals surface area contributed by atoms with E-state index in [2.05, 4.69) is 111 Å². The Bertz CT molecular complexity index is 2290. The van der Waals surface area contributed by atoms with Crippen LogP contribution in [0.5, 0.6) is 0 Å². The molecule has 2 atom stereocenters. The van der Waals surface area contributed by atoms with Gasteiger partial charge in [-0.15, -0.1) is 0 Å². The fraction of sp³-hybridized carbons (Fsp3) is 0.319. The second kappa shape index (κ2) is 13.8. The van der Waals surface area contributed by atoms with Crippen molar-refractivity contribution in [3.63, 3.8) is 0 Å². The molecule has 0 N–H and O–H groups in total. The Hall–Kier alpha value is -4.47. The number of nitrogens with zero attached hydrogens (tertiary/aromatic N) is 1. The van der Waals surface area contributed by atoms with Crippen molar-refractivity contribution < 1.29 is 13.2 Å². The Balaban J connectivity index is 1.47. The summed E-state index contributed by atoms with van der Waals surface area (Å²) in [6, 6.07) is 37.2. The molecular formula is C47H47NO3S. The van der Waals surface area contributed by atoms with E-state index >= 15 is 0 Å². The number of ether oxygens (including phenoxy) is 1. The van der Waals surface area contributed by atoms with Gasteiger partial charge in [-0.1, -0.05) is 154 Å². The minimum Gasteiger partial charge on any atom is -0.340 e. The lowest BCUT2D eigenvalue weighted by Crippen LogP contribution is -2.31. The van der Waals surface area contributed by atoms with Crippen molar-refractivity contribution in [2.24, 2.45) is 0 Å². The van der Waals surface area contributed by atoms with Gasteiger partial charge in [0.2, 0.25) is 10.0 Å². The normalized spacial score (nSPS) is 19.9. The van der Waals surface area contributed by atoms with Crippen LogP contribution in [0.3, 0.4) is 0 Å². The number of benzene rings is 5. The molecule has 0 saturated heterocycles. The molecule has 0 amide bonds. The number of rotatable bonds is 11. The zero-order valence-corrected chi connectivity index (χ0v) is 31.4. The minimum absolute atomic E-state index is 0.263. The van der Waals surface area contributed by atoms with Crippen molar-refractivity contribution in [2.75, 3.05) is 0 Å². The van der Waals surface area contributed by atoms with Crippen molar-refractivity contribution in [2.45, 2.75) is 101 Å². The average molecular weight is 706 g/mol. The molecule has 0 saturated carbocycles. The van der Waals surface area contributed by atoms with Crippen LogP contribution in [0, 0.1) is 18.8 Å². The maximum atomic E-state index is 14.5. The van der Waals surface area contributed by atoms with E-state index in [1.54, 1.807) is 16.4 Å². The second-order valence-electron chi connectivity index (χ2n) is 14.6. The third-order valence-electron chi connectivity index (χ3n) is 11.4. The summed E-state index contributed by atoms with van der Waals surface area (Å²) in [5.41, 5.74) is 10.2. The Morgan fingerprint density at radius 2 is 1.23 bits per heavy atom. The number of hydrogen-bond donors (Lipinski definition) is 0. The summed E-state index contributed by atoms with van der Waals surface area (Å²) < 4.78 is 38.5. The van der Waals surface area contributed by atoms with Crippen LogP contribution in [0.25, 0.3) is 0 Å². The van der Waals surface area contributed by atoms with Crippen LogP contribution in [0.2, 0.25) is 0 Å². The van der Waals surface area contributed by atoms with Crippen LogP contribution in [-0.2, 0) is 45.5 Å². The summed E-state index contributed by atoms with van der Waals surface area (Å²) in [6.45, 7) is 6.98. The van der Waals surface area contributed by atoms with E-state index < -0.39 is 21.2 Å². The summed E-state index contributed by atoms with van der Waals surface area (Å²) in [5.74, 6) is 7.30. The fourth-order valence-electron chi connectivity index (χ4n) is 8.91. The summed E-state index contributed by atoms with van der Waals surface area (Å²) in [7, 11) is -3.80. The molecular weight excluding hydrogens is 659 g/mol. The molecule has 5 heteroatoms. The van der Waals surface area contributed by atoms with Crippen LogP contribution in [0.1, 0.15) is 120 Å². The highest BCUT2D eigenvalue weighted by Crippen LogP contribution is 2.68. The molecule has 264 valence electrons. The molecule has 3 aliphatic rings. The SMILES string of the molecule is CCCCCC#Cc1c2c(c3c(c1CCCCC)C1(c4ccccc4)OC3(c3ccccc3)c3ccccc31)CN(S(=O)(=O)c1ccc(C)cc1)C2. The van der Waals surface area contributed by atoms with Gasteiger partial charge >= 0.3 is 0 Å². The van der Waals surface area contributed by atoms with E-state index in [-0.39, 0.29) is 13.1 Å². The molecule has 0 aliphatic carbocycles. The molecule has 3 aliphatic heterocycles. The van der Waals surface area contributed by atoms with Crippen LogP contribution < -0.4 is 0 Å². The molecule has 4 nitrogen and oxygen atoms in total. The maximum Gasteiger partial charge on any atom is 0.243 e. The average Bonchev–Trinajstić information content (AvgIpc) is 3.86. The summed E-state index contributed by atoms with van der Waals surface area (Å²) >= 11 is 0. The molecule has 0 radical (unpaired) electrons. The lowest BCUT2D eigenvalue weighted by atomic mass is 9.64. The highest BCUT2D eigenvalue weighted by atomic mass is 32.2. The topological polar surface area (TPSA) is 46.6 Å². The largest absolute Gasteiger partial charge is 0.340 e. The first-order chi connectivity index (χ1) is 25.4. The number of aryl methyl sites for hydroxylation is 1. The Morgan fingerprint density at radius 1 is 0.673 bits per heavy atom. The predicted molar refractivity (Wildman–Crippen MR) is 208 cm³/mol. The van der Waals surface area contributed by atoms with E-state index in [9.17, 15) is 8.42 Å². The third-order valence-corrected chi connectivity index (χ3v) is 13.2. The zero-order chi connectivity index (χ0) is 35.9. The summed E-state index contributed by atoms with van der Waals surface area (Å²) in [4.78, 5) is 0.319. The van der Waals surface area contributed by atoms with Crippen LogP contribution in [0.4, 0.5) is 0 Å². The van der Waals surface area contributed by atoms with Crippen molar-refractivity contribution >= 4 is 10.0 Å². The molecule has 2 bridgehead atoms. The molecule has 3 heterocycles. The molecule has 5 aromatic carbocycles. The van der Waals surface area contributed by atoms with E-state index in [0.717, 1.165) is 101 Å². The molecule has 5 aromatic rings. The van der Waals surface area contributed by atoms with Crippen LogP contribution in [-0.4, -0.2) is 12.7 Å². The lowest BCUT2D eigenvalue weighted by molar-refractivity contribution is -0.0263. The minimum atomic E-state index is -3.80. The molecule has 0 fully saturated rings. The summed E-state index contributed by atoms with van der Waals surface area (Å²) in [6.07, 6.45) is 8.22. The van der Waals surface area contributed by atoms with E-state index in [4.69, 9.17) is 4.74 Å². The van der Waals surface area contributed by atoms with Gasteiger partial charge in [0.25, 0.3) is 0 Å². The van der Waals surface area contributed by atoms with Gasteiger partial charge in [-0.05, 0) is 77.3 Å². The van der Waals surface area contributed by atoms with Gasteiger partial charge in [-0.2, -0.15) is 4.31 Å². The van der Waals surface area contributed by atoms with Crippen molar-refractivity contribution in [1.82, 2.24) is 4.31 Å².